The van der Waals surface area contributed by atoms with Crippen molar-refractivity contribution in [2.45, 2.75) is 24.7 Å². The van der Waals surface area contributed by atoms with Gasteiger partial charge in [-0.3, -0.25) is 9.52 Å². The molecule has 2 aromatic carbocycles. The topological polar surface area (TPSA) is 113 Å². The molecule has 1 heterocycles. The summed E-state index contributed by atoms with van der Waals surface area (Å²) in [6.45, 7) is 2.16. The molecule has 1 amide bonds. The highest BCUT2D eigenvalue weighted by atomic mass is 32.2. The van der Waals surface area contributed by atoms with Gasteiger partial charge in [-0.15, -0.1) is 0 Å². The van der Waals surface area contributed by atoms with Crippen molar-refractivity contribution in [1.82, 2.24) is 4.31 Å². The lowest BCUT2D eigenvalue weighted by Gasteiger charge is -2.30. The van der Waals surface area contributed by atoms with Gasteiger partial charge in [-0.2, -0.15) is 0 Å². The molecule has 0 atom stereocenters. The van der Waals surface area contributed by atoms with Gasteiger partial charge in [0, 0.05) is 30.4 Å². The van der Waals surface area contributed by atoms with Crippen molar-refractivity contribution in [1.29, 1.82) is 0 Å². The molecule has 0 aliphatic carbocycles. The Hall–Kier alpha value is -2.57. The standard InChI is InChI=1S/C20H23F2N3O5S2/c1-2-31(27,28)25-11-9-14(10-12-25)20(26)23-15-3-5-16(6-4-15)24-32(29,30)17-7-8-18(21)19(22)13-17/h3-8,13-14,24H,2,9-12H2,1H3,(H,23,26). The average molecular weight is 488 g/mol. The molecule has 12 heteroatoms. The third-order valence-electron chi connectivity index (χ3n) is 5.19. The third-order valence-corrected chi connectivity index (χ3v) is 8.45. The maximum atomic E-state index is 13.3. The van der Waals surface area contributed by atoms with Gasteiger partial charge in [0.1, 0.15) is 0 Å². The molecule has 0 saturated carbocycles. The summed E-state index contributed by atoms with van der Waals surface area (Å²) in [4.78, 5) is 12.1. The lowest BCUT2D eigenvalue weighted by atomic mass is 9.97. The minimum Gasteiger partial charge on any atom is -0.326 e. The fraction of sp³-hybridized carbons (Fsp3) is 0.350. The van der Waals surface area contributed by atoms with Crippen molar-refractivity contribution in [3.63, 3.8) is 0 Å². The number of sulfonamides is 2. The van der Waals surface area contributed by atoms with E-state index in [1.807, 2.05) is 0 Å². The average Bonchev–Trinajstić information content (AvgIpc) is 2.76. The van der Waals surface area contributed by atoms with E-state index in [-0.39, 0.29) is 23.3 Å². The molecule has 0 spiro atoms. The van der Waals surface area contributed by atoms with E-state index in [1.165, 1.54) is 28.6 Å². The van der Waals surface area contributed by atoms with Crippen LogP contribution in [0.4, 0.5) is 20.2 Å². The van der Waals surface area contributed by atoms with Crippen molar-refractivity contribution in [2.75, 3.05) is 28.9 Å². The zero-order chi connectivity index (χ0) is 23.5. The van der Waals surface area contributed by atoms with Crippen LogP contribution in [0, 0.1) is 17.6 Å². The Kier molecular flexibility index (Phi) is 7.16. The van der Waals surface area contributed by atoms with E-state index in [0.717, 1.165) is 12.1 Å². The van der Waals surface area contributed by atoms with Gasteiger partial charge in [-0.1, -0.05) is 0 Å². The molecule has 2 aromatic rings. The molecule has 1 saturated heterocycles. The first-order valence-corrected chi connectivity index (χ1v) is 13.0. The summed E-state index contributed by atoms with van der Waals surface area (Å²) in [6.07, 6.45) is 0.828. The van der Waals surface area contributed by atoms with E-state index in [9.17, 15) is 30.4 Å². The number of carbonyl (C=O) groups excluding carboxylic acids is 1. The van der Waals surface area contributed by atoms with Crippen LogP contribution >= 0.6 is 0 Å². The normalized spacial score (nSPS) is 16.0. The molecule has 32 heavy (non-hydrogen) atoms. The van der Waals surface area contributed by atoms with Crippen LogP contribution in [0.2, 0.25) is 0 Å². The van der Waals surface area contributed by atoms with E-state index >= 15 is 0 Å². The number of hydrogen-bond acceptors (Lipinski definition) is 5. The zero-order valence-electron chi connectivity index (χ0n) is 17.2. The van der Waals surface area contributed by atoms with Gasteiger partial charge in [0.25, 0.3) is 10.0 Å². The molecule has 8 nitrogen and oxygen atoms in total. The fourth-order valence-electron chi connectivity index (χ4n) is 3.30. The third kappa shape index (κ3) is 5.61. The number of nitrogens with one attached hydrogen (secondary N) is 2. The summed E-state index contributed by atoms with van der Waals surface area (Å²) >= 11 is 0. The highest BCUT2D eigenvalue weighted by molar-refractivity contribution is 7.92. The second-order valence-corrected chi connectivity index (χ2v) is 11.3. The first-order chi connectivity index (χ1) is 15.0. The first-order valence-electron chi connectivity index (χ1n) is 9.88. The van der Waals surface area contributed by atoms with Crippen molar-refractivity contribution in [3.8, 4) is 0 Å². The van der Waals surface area contributed by atoms with E-state index in [2.05, 4.69) is 10.0 Å². The predicted molar refractivity (Wildman–Crippen MR) is 116 cm³/mol. The highest BCUT2D eigenvalue weighted by Gasteiger charge is 2.30. The molecule has 1 aliphatic heterocycles. The Labute approximate surface area is 185 Å². The Balaban J connectivity index is 1.59. The van der Waals surface area contributed by atoms with Gasteiger partial charge < -0.3 is 5.32 Å². The number of nitrogens with zero attached hydrogens (tertiary/aromatic N) is 1. The number of halogens is 2. The molecular formula is C20H23F2N3O5S2. The van der Waals surface area contributed by atoms with E-state index in [1.54, 1.807) is 6.92 Å². The molecule has 0 unspecified atom stereocenters. The van der Waals surface area contributed by atoms with Crippen LogP contribution < -0.4 is 10.0 Å². The minimum atomic E-state index is -4.12. The van der Waals surface area contributed by atoms with Crippen LogP contribution in [0.15, 0.2) is 47.4 Å². The Morgan fingerprint density at radius 3 is 2.12 bits per heavy atom. The maximum Gasteiger partial charge on any atom is 0.261 e. The van der Waals surface area contributed by atoms with Crippen molar-refractivity contribution >= 4 is 37.3 Å². The SMILES string of the molecule is CCS(=O)(=O)N1CCC(C(=O)Nc2ccc(NS(=O)(=O)c3ccc(F)c(F)c3)cc2)CC1. The second kappa shape index (κ2) is 9.51. The lowest BCUT2D eigenvalue weighted by Crippen LogP contribution is -2.42. The number of anilines is 2. The maximum absolute atomic E-state index is 13.3. The molecular weight excluding hydrogens is 464 g/mol. The Morgan fingerprint density at radius 2 is 1.56 bits per heavy atom. The number of amides is 1. The minimum absolute atomic E-state index is 0.0239. The van der Waals surface area contributed by atoms with Gasteiger partial charge in [0.15, 0.2) is 11.6 Å². The van der Waals surface area contributed by atoms with Gasteiger partial charge in [0.05, 0.1) is 10.6 Å². The zero-order valence-corrected chi connectivity index (χ0v) is 18.8. The molecule has 1 fully saturated rings. The first kappa shape index (κ1) is 24.1. The van der Waals surface area contributed by atoms with E-state index in [0.29, 0.717) is 37.7 Å². The van der Waals surface area contributed by atoms with Crippen LogP contribution in [0.1, 0.15) is 19.8 Å². The monoisotopic (exact) mass is 487 g/mol. The van der Waals surface area contributed by atoms with Crippen molar-refractivity contribution < 1.29 is 30.4 Å². The van der Waals surface area contributed by atoms with Gasteiger partial charge in [-0.25, -0.2) is 29.9 Å². The van der Waals surface area contributed by atoms with E-state index in [4.69, 9.17) is 0 Å². The summed E-state index contributed by atoms with van der Waals surface area (Å²) < 4.78 is 78.5. The molecule has 2 N–H and O–H groups in total. The van der Waals surface area contributed by atoms with Crippen molar-refractivity contribution in [2.24, 2.45) is 5.92 Å². The summed E-state index contributed by atoms with van der Waals surface area (Å²) in [5.41, 5.74) is 0.611. The van der Waals surface area contributed by atoms with Crippen LogP contribution in [0.25, 0.3) is 0 Å². The molecule has 3 rings (SSSR count). The molecule has 1 aliphatic rings. The molecule has 174 valence electrons. The van der Waals surface area contributed by atoms with Crippen LogP contribution in [0.5, 0.6) is 0 Å². The number of benzene rings is 2. The molecule has 0 radical (unpaired) electrons. The van der Waals surface area contributed by atoms with Crippen LogP contribution in [0.3, 0.4) is 0 Å². The highest BCUT2D eigenvalue weighted by Crippen LogP contribution is 2.23. The Morgan fingerprint density at radius 1 is 0.969 bits per heavy atom. The smallest absolute Gasteiger partial charge is 0.261 e. The number of rotatable bonds is 7. The summed E-state index contributed by atoms with van der Waals surface area (Å²) in [5, 5.41) is 2.74. The summed E-state index contributed by atoms with van der Waals surface area (Å²) in [5.74, 6) is -2.97. The summed E-state index contributed by atoms with van der Waals surface area (Å²) in [7, 11) is -7.39. The molecule has 0 aromatic heterocycles. The second-order valence-electron chi connectivity index (χ2n) is 7.32. The Bertz CT molecular complexity index is 1190. The van der Waals surface area contributed by atoms with Crippen LogP contribution in [-0.2, 0) is 24.8 Å². The predicted octanol–water partition coefficient (Wildman–Crippen LogP) is 2.77. The number of hydrogen-bond donors (Lipinski definition) is 2. The lowest BCUT2D eigenvalue weighted by molar-refractivity contribution is -0.120. The fourth-order valence-corrected chi connectivity index (χ4v) is 5.51. The summed E-state index contributed by atoms with van der Waals surface area (Å²) in [6, 6.07) is 8.10. The number of piperidine rings is 1. The van der Waals surface area contributed by atoms with Gasteiger partial charge in [0.2, 0.25) is 15.9 Å². The van der Waals surface area contributed by atoms with Gasteiger partial charge in [-0.05, 0) is 62.2 Å². The molecule has 0 bridgehead atoms. The van der Waals surface area contributed by atoms with Gasteiger partial charge >= 0.3 is 0 Å². The van der Waals surface area contributed by atoms with Crippen molar-refractivity contribution in [3.05, 3.63) is 54.1 Å². The van der Waals surface area contributed by atoms with Crippen LogP contribution in [-0.4, -0.2) is 45.9 Å². The van der Waals surface area contributed by atoms with E-state index < -0.39 is 36.6 Å². The quantitative estimate of drug-likeness (QED) is 0.624. The number of carbonyl (C=O) groups is 1. The largest absolute Gasteiger partial charge is 0.326 e.